The van der Waals surface area contributed by atoms with E-state index in [0.717, 1.165) is 61.6 Å². The second kappa shape index (κ2) is 24.2. The Morgan fingerprint density at radius 1 is 0.103 bits per heavy atom. The molecule has 0 amide bonds. The lowest BCUT2D eigenvalue weighted by molar-refractivity contribution is 1.18. The van der Waals surface area contributed by atoms with E-state index in [-0.39, 0.29) is 0 Å². The number of rotatable bonds is 11. The molecule has 0 fully saturated rings. The fourth-order valence-corrected chi connectivity index (χ4v) is 17.4. The summed E-state index contributed by atoms with van der Waals surface area (Å²) in [6.07, 6.45) is 0. The summed E-state index contributed by atoms with van der Waals surface area (Å²) in [6.45, 7) is 0. The van der Waals surface area contributed by atoms with Gasteiger partial charge in [0.2, 0.25) is 0 Å². The van der Waals surface area contributed by atoms with Gasteiger partial charge >= 0.3 is 0 Å². The molecule has 0 saturated carbocycles. The Balaban J connectivity index is 0.672. The van der Waals surface area contributed by atoms with Crippen LogP contribution in [0.5, 0.6) is 0 Å². The molecule has 22 rings (SSSR count). The van der Waals surface area contributed by atoms with Gasteiger partial charge < -0.3 is 22.8 Å². The van der Waals surface area contributed by atoms with E-state index < -0.39 is 0 Å². The van der Waals surface area contributed by atoms with Crippen molar-refractivity contribution in [2.24, 2.45) is 0 Å². The van der Waals surface area contributed by atoms with Crippen molar-refractivity contribution >= 4 is 109 Å². The third kappa shape index (κ3) is 9.72. The van der Waals surface area contributed by atoms with Crippen molar-refractivity contribution in [2.75, 3.05) is 0 Å². The Bertz CT molecular complexity index is 7080. The van der Waals surface area contributed by atoms with Gasteiger partial charge in [-0.25, -0.2) is 0 Å². The van der Waals surface area contributed by atoms with E-state index in [4.69, 9.17) is 0 Å². The maximum atomic E-state index is 2.47. The van der Waals surface area contributed by atoms with Gasteiger partial charge in [0.15, 0.2) is 0 Å². The largest absolute Gasteiger partial charge is 0.309 e. The van der Waals surface area contributed by atoms with E-state index in [1.165, 1.54) is 143 Å². The maximum absolute atomic E-state index is 2.47. The predicted molar refractivity (Wildman–Crippen MR) is 451 cm³/mol. The van der Waals surface area contributed by atoms with Crippen molar-refractivity contribution in [3.8, 4) is 95.2 Å². The quantitative estimate of drug-likeness (QED) is 0.123. The van der Waals surface area contributed by atoms with Gasteiger partial charge in [-0.15, -0.1) is 0 Å². The van der Waals surface area contributed by atoms with Gasteiger partial charge in [-0.05, 0) is 231 Å². The molecule has 498 valence electrons. The van der Waals surface area contributed by atoms with Crippen molar-refractivity contribution < 1.29 is 0 Å². The molecule has 5 nitrogen and oxygen atoms in total. The Hall–Kier alpha value is -14.3. The Morgan fingerprint density at radius 2 is 0.262 bits per heavy atom. The lowest BCUT2D eigenvalue weighted by Gasteiger charge is -2.11. The molecule has 0 aliphatic heterocycles. The van der Waals surface area contributed by atoms with Crippen LogP contribution in [0.25, 0.3) is 204 Å². The molecule has 0 bridgehead atoms. The normalized spacial score (nSPS) is 11.9. The summed E-state index contributed by atoms with van der Waals surface area (Å²) in [5.41, 5.74) is 31.6. The van der Waals surface area contributed by atoms with Crippen LogP contribution in [0.2, 0.25) is 0 Å². The number of hydrogen-bond acceptors (Lipinski definition) is 0. The van der Waals surface area contributed by atoms with Gasteiger partial charge in [-0.1, -0.05) is 231 Å². The fourth-order valence-electron chi connectivity index (χ4n) is 17.4. The number of para-hydroxylation sites is 5. The number of fused-ring (bicyclic) bond motifs is 15. The zero-order chi connectivity index (χ0) is 70.2. The molecule has 0 aliphatic carbocycles. The molecule has 17 aromatic carbocycles. The van der Waals surface area contributed by atoms with E-state index in [2.05, 4.69) is 417 Å². The average molecular weight is 1360 g/mol. The molecule has 0 radical (unpaired) electrons. The fraction of sp³-hybridized carbons (Fsp3) is 0. The summed E-state index contributed by atoms with van der Waals surface area (Å²) in [5.74, 6) is 0. The Kier molecular flexibility index (Phi) is 13.6. The topological polar surface area (TPSA) is 24.6 Å². The molecule has 107 heavy (non-hydrogen) atoms. The maximum Gasteiger partial charge on any atom is 0.0541 e. The highest BCUT2D eigenvalue weighted by molar-refractivity contribution is 6.17. The summed E-state index contributed by atoms with van der Waals surface area (Å²) in [7, 11) is 0. The molecule has 22 aromatic rings. The van der Waals surface area contributed by atoms with Gasteiger partial charge in [0, 0.05) is 82.3 Å². The Morgan fingerprint density at radius 3 is 0.514 bits per heavy atom. The second-order valence-electron chi connectivity index (χ2n) is 28.4. The van der Waals surface area contributed by atoms with Crippen molar-refractivity contribution in [1.29, 1.82) is 0 Å². The molecule has 0 aliphatic rings. The molecular weight excluding hydrogens is 1300 g/mol. The van der Waals surface area contributed by atoms with Crippen molar-refractivity contribution in [2.45, 2.75) is 0 Å². The smallest absolute Gasteiger partial charge is 0.0541 e. The number of benzene rings is 17. The van der Waals surface area contributed by atoms with Crippen LogP contribution >= 0.6 is 0 Å². The lowest BCUT2D eigenvalue weighted by atomic mass is 9.98. The van der Waals surface area contributed by atoms with Crippen LogP contribution in [-0.4, -0.2) is 22.8 Å². The zero-order valence-electron chi connectivity index (χ0n) is 58.3. The zero-order valence-corrected chi connectivity index (χ0v) is 58.3. The van der Waals surface area contributed by atoms with E-state index >= 15 is 0 Å². The van der Waals surface area contributed by atoms with E-state index in [0.29, 0.717) is 0 Å². The third-order valence-electron chi connectivity index (χ3n) is 22.5. The molecule has 0 unspecified atom stereocenters. The van der Waals surface area contributed by atoms with Crippen LogP contribution in [0.1, 0.15) is 0 Å². The summed E-state index contributed by atoms with van der Waals surface area (Å²) in [4.78, 5) is 0. The highest BCUT2D eigenvalue weighted by Crippen LogP contribution is 2.45. The van der Waals surface area contributed by atoms with Crippen molar-refractivity contribution in [3.63, 3.8) is 0 Å². The molecule has 5 aromatic heterocycles. The highest BCUT2D eigenvalue weighted by atomic mass is 15.0. The third-order valence-corrected chi connectivity index (χ3v) is 22.5. The minimum absolute atomic E-state index is 1.10. The first-order valence-corrected chi connectivity index (χ1v) is 36.9. The van der Waals surface area contributed by atoms with E-state index in [1.807, 2.05) is 0 Å². The van der Waals surface area contributed by atoms with E-state index in [1.54, 1.807) is 0 Å². The number of aromatic nitrogens is 5. The summed E-state index contributed by atoms with van der Waals surface area (Å²) >= 11 is 0. The number of hydrogen-bond donors (Lipinski definition) is 0. The molecule has 5 heteroatoms. The van der Waals surface area contributed by atoms with Crippen LogP contribution in [0.15, 0.2) is 394 Å². The summed E-state index contributed by atoms with van der Waals surface area (Å²) in [6, 6.07) is 146. The minimum Gasteiger partial charge on any atom is -0.309 e. The Labute approximate surface area is 617 Å². The van der Waals surface area contributed by atoms with Crippen LogP contribution in [0.3, 0.4) is 0 Å². The lowest BCUT2D eigenvalue weighted by Crippen LogP contribution is -1.94. The van der Waals surface area contributed by atoms with Gasteiger partial charge in [-0.3, -0.25) is 0 Å². The van der Waals surface area contributed by atoms with Gasteiger partial charge in [0.05, 0.1) is 55.2 Å². The first-order chi connectivity index (χ1) is 53.0. The van der Waals surface area contributed by atoms with Crippen LogP contribution < -0.4 is 0 Å². The first kappa shape index (κ1) is 60.3. The van der Waals surface area contributed by atoms with Crippen molar-refractivity contribution in [3.05, 3.63) is 394 Å². The van der Waals surface area contributed by atoms with Gasteiger partial charge in [0.1, 0.15) is 0 Å². The first-order valence-electron chi connectivity index (χ1n) is 36.9. The number of nitrogens with zero attached hydrogens (tertiary/aromatic N) is 5. The minimum atomic E-state index is 1.10. The van der Waals surface area contributed by atoms with Gasteiger partial charge in [0.25, 0.3) is 0 Å². The SMILES string of the molecule is c1ccc(-c2ccc(-n3c4ccccc4c4cc(-c5ccc6c(c5)c5cc(-c7ccc(-n8c9ccc(-c%10ccc%11c(c%10)c%10ccccc%10n%11-c%10ccccc%10)cc9c9cc(-c%10ccc%11c(c%10)c%10ccccc%10n%11-c%10ccccc%10)ccc98)cc7)ccc5n6-c5ccc(-c6ccccc6)cc5)ccc43)cc2)cc1. The van der Waals surface area contributed by atoms with E-state index in [9.17, 15) is 0 Å². The van der Waals surface area contributed by atoms with Crippen LogP contribution in [0, 0.1) is 0 Å². The molecule has 0 atom stereocenters. The predicted octanol–water partition coefficient (Wildman–Crippen LogP) is 27.2. The van der Waals surface area contributed by atoms with Crippen LogP contribution in [0.4, 0.5) is 0 Å². The van der Waals surface area contributed by atoms with Gasteiger partial charge in [-0.2, -0.15) is 0 Å². The molecule has 0 saturated heterocycles. The molecule has 0 N–H and O–H groups in total. The van der Waals surface area contributed by atoms with Crippen molar-refractivity contribution in [1.82, 2.24) is 22.8 Å². The summed E-state index contributed by atoms with van der Waals surface area (Å²) in [5, 5.41) is 12.2. The highest BCUT2D eigenvalue weighted by Gasteiger charge is 2.22. The molecular formula is C102H65N5. The standard InChI is InChI=1S/C102H65N5/c1-5-19-66(20-6-1)68-33-46-80(47-34-68)105-95-32-18-15-29-85(95)88-62-74(42-55-98(88)105)75-43-56-100-90(63-75)89-59-71(39-52-99(89)106(100)81-48-35-69(36-49-81)67-21-7-2-8-22-67)70-37-50-82(51-38-70)107-101-57-44-76(72-40-53-96-86(60-72)83-27-13-16-30-93(83)103(96)78-23-9-3-10-24-78)64-91(101)92-65-77(45-58-102(92)107)73-41-54-97-87(61-73)84-28-14-17-31-94(84)104(97)79-25-11-4-12-26-79/h1-65H. The summed E-state index contributed by atoms with van der Waals surface area (Å²) < 4.78 is 12.1. The molecule has 0 spiro atoms. The monoisotopic (exact) mass is 1360 g/mol. The average Bonchev–Trinajstić information content (AvgIpc) is 1.59. The second-order valence-corrected chi connectivity index (χ2v) is 28.4. The molecule has 5 heterocycles. The van der Waals surface area contributed by atoms with Crippen LogP contribution in [-0.2, 0) is 0 Å².